The molecule has 130 valence electrons. The number of rotatable bonds is 4. The molecule has 3 rings (SSSR count). The topological polar surface area (TPSA) is 95.9 Å². The Hall–Kier alpha value is -2.16. The maximum absolute atomic E-state index is 14.1. The van der Waals surface area contributed by atoms with Crippen LogP contribution >= 0.6 is 23.2 Å². The number of nitrogens with one attached hydrogen (secondary N) is 1. The molecule has 10 heteroatoms. The number of benzene rings is 2. The monoisotopic (exact) mass is 401 g/mol. The largest absolute Gasteiger partial charge is 0.505 e. The van der Waals surface area contributed by atoms with Crippen molar-refractivity contribution in [2.24, 2.45) is 0 Å². The van der Waals surface area contributed by atoms with Crippen LogP contribution in [-0.4, -0.2) is 28.7 Å². The summed E-state index contributed by atoms with van der Waals surface area (Å²) in [6.45, 7) is 0. The van der Waals surface area contributed by atoms with E-state index in [9.17, 15) is 17.9 Å². The Kier molecular flexibility index (Phi) is 4.68. The lowest BCUT2D eigenvalue weighted by Crippen LogP contribution is -2.07. The van der Waals surface area contributed by atoms with Crippen LogP contribution in [-0.2, 0) is 15.6 Å². The highest BCUT2D eigenvalue weighted by molar-refractivity contribution is 7.90. The Labute approximate surface area is 152 Å². The first-order valence-corrected chi connectivity index (χ1v) is 9.23. The molecule has 0 bridgehead atoms. The van der Waals surface area contributed by atoms with Crippen molar-refractivity contribution in [1.29, 1.82) is 0 Å². The minimum atomic E-state index is -4.10. The van der Waals surface area contributed by atoms with Crippen LogP contribution < -0.4 is 0 Å². The Morgan fingerprint density at radius 2 is 1.96 bits per heavy atom. The van der Waals surface area contributed by atoms with E-state index in [1.165, 1.54) is 24.5 Å². The molecule has 6 nitrogen and oxygen atoms in total. The van der Waals surface area contributed by atoms with Gasteiger partial charge in [-0.15, -0.1) is 0 Å². The summed E-state index contributed by atoms with van der Waals surface area (Å²) >= 11 is 11.6. The van der Waals surface area contributed by atoms with Crippen molar-refractivity contribution in [1.82, 2.24) is 15.2 Å². The van der Waals surface area contributed by atoms with Gasteiger partial charge in [0.05, 0.1) is 10.8 Å². The lowest BCUT2D eigenvalue weighted by atomic mass is 10.1. The molecule has 2 N–H and O–H groups in total. The number of phenolic OH excluding ortho intramolecular Hbond substituents is 1. The molecule has 0 spiro atoms. The molecule has 0 saturated heterocycles. The summed E-state index contributed by atoms with van der Waals surface area (Å²) in [5.41, 5.74) is 0.377. The molecule has 0 aliphatic carbocycles. The second kappa shape index (κ2) is 6.62. The van der Waals surface area contributed by atoms with E-state index >= 15 is 0 Å². The summed E-state index contributed by atoms with van der Waals surface area (Å²) < 4.78 is 39.3. The van der Waals surface area contributed by atoms with Crippen LogP contribution in [0.5, 0.6) is 5.75 Å². The molecular weight excluding hydrogens is 392 g/mol. The molecule has 0 unspecified atom stereocenters. The molecular formula is C15H10Cl2FN3O3S. The van der Waals surface area contributed by atoms with Crippen LogP contribution in [0.4, 0.5) is 4.39 Å². The fraction of sp³-hybridized carbons (Fsp3) is 0.0667. The molecule has 25 heavy (non-hydrogen) atoms. The van der Waals surface area contributed by atoms with Gasteiger partial charge in [-0.3, -0.25) is 5.10 Å². The number of hydrogen-bond donors (Lipinski definition) is 2. The van der Waals surface area contributed by atoms with E-state index in [4.69, 9.17) is 23.2 Å². The Bertz CT molecular complexity index is 1040. The summed E-state index contributed by atoms with van der Waals surface area (Å²) in [5.74, 6) is -1.66. The van der Waals surface area contributed by atoms with Gasteiger partial charge in [0.2, 0.25) is 0 Å². The van der Waals surface area contributed by atoms with Gasteiger partial charge in [-0.1, -0.05) is 23.2 Å². The number of halogens is 3. The van der Waals surface area contributed by atoms with E-state index in [1.54, 1.807) is 0 Å². The number of phenols is 1. The van der Waals surface area contributed by atoms with Gasteiger partial charge < -0.3 is 5.11 Å². The Balaban J connectivity index is 2.03. The molecule has 0 radical (unpaired) electrons. The van der Waals surface area contributed by atoms with E-state index < -0.39 is 32.1 Å². The first-order valence-electron chi connectivity index (χ1n) is 6.83. The van der Waals surface area contributed by atoms with Crippen molar-refractivity contribution in [3.63, 3.8) is 0 Å². The number of sulfone groups is 1. The molecule has 0 aliphatic rings. The number of hydrogen-bond acceptors (Lipinski definition) is 5. The van der Waals surface area contributed by atoms with Crippen LogP contribution in [0.1, 0.15) is 5.56 Å². The molecule has 0 aliphatic heterocycles. The molecule has 1 heterocycles. The SMILES string of the molecule is O=S(=O)(Cc1cc(-c2ncn[nH]2)ccc1F)c1cc(Cl)cc(Cl)c1O. The summed E-state index contributed by atoms with van der Waals surface area (Å²) in [5, 5.41) is 16.1. The number of H-pyrrole nitrogens is 1. The van der Waals surface area contributed by atoms with Crippen LogP contribution in [0, 0.1) is 5.82 Å². The van der Waals surface area contributed by atoms with Crippen molar-refractivity contribution < 1.29 is 17.9 Å². The summed E-state index contributed by atoms with van der Waals surface area (Å²) in [6.07, 6.45) is 1.28. The zero-order valence-corrected chi connectivity index (χ0v) is 14.7. The van der Waals surface area contributed by atoms with E-state index in [-0.39, 0.29) is 15.6 Å². The predicted molar refractivity (Wildman–Crippen MR) is 90.8 cm³/mol. The van der Waals surface area contributed by atoms with Crippen molar-refractivity contribution in [3.05, 3.63) is 58.1 Å². The van der Waals surface area contributed by atoms with Gasteiger partial charge in [-0.05, 0) is 30.3 Å². The molecule has 3 aromatic rings. The molecule has 2 aromatic carbocycles. The molecule has 1 aromatic heterocycles. The number of aromatic amines is 1. The first-order chi connectivity index (χ1) is 11.8. The van der Waals surface area contributed by atoms with Crippen LogP contribution in [0.2, 0.25) is 10.0 Å². The third-order valence-electron chi connectivity index (χ3n) is 3.41. The average Bonchev–Trinajstić information content (AvgIpc) is 3.07. The van der Waals surface area contributed by atoms with Gasteiger partial charge in [0.15, 0.2) is 21.4 Å². The van der Waals surface area contributed by atoms with Gasteiger partial charge in [0.1, 0.15) is 17.0 Å². The van der Waals surface area contributed by atoms with Crippen molar-refractivity contribution in [2.45, 2.75) is 10.6 Å². The van der Waals surface area contributed by atoms with Crippen molar-refractivity contribution in [3.8, 4) is 17.1 Å². The third kappa shape index (κ3) is 3.60. The Morgan fingerprint density at radius 1 is 1.20 bits per heavy atom. The van der Waals surface area contributed by atoms with Gasteiger partial charge in [-0.2, -0.15) is 5.10 Å². The van der Waals surface area contributed by atoms with E-state index in [2.05, 4.69) is 15.2 Å². The third-order valence-corrected chi connectivity index (χ3v) is 5.59. The van der Waals surface area contributed by atoms with E-state index in [0.29, 0.717) is 11.4 Å². The van der Waals surface area contributed by atoms with Gasteiger partial charge in [0.25, 0.3) is 0 Å². The Morgan fingerprint density at radius 3 is 2.64 bits per heavy atom. The predicted octanol–water partition coefficient (Wildman–Crippen LogP) is 3.60. The van der Waals surface area contributed by atoms with Crippen molar-refractivity contribution >= 4 is 33.0 Å². The molecule has 0 amide bonds. The zero-order chi connectivity index (χ0) is 18.2. The summed E-state index contributed by atoms with van der Waals surface area (Å²) in [4.78, 5) is 3.47. The van der Waals surface area contributed by atoms with Crippen molar-refractivity contribution in [2.75, 3.05) is 0 Å². The fourth-order valence-electron chi connectivity index (χ4n) is 2.24. The van der Waals surface area contributed by atoms with Crippen LogP contribution in [0.3, 0.4) is 0 Å². The normalized spacial score (nSPS) is 11.6. The zero-order valence-electron chi connectivity index (χ0n) is 12.4. The minimum absolute atomic E-state index is 0.0391. The average molecular weight is 402 g/mol. The highest BCUT2D eigenvalue weighted by Crippen LogP contribution is 2.36. The van der Waals surface area contributed by atoms with Gasteiger partial charge in [0, 0.05) is 16.1 Å². The van der Waals surface area contributed by atoms with Gasteiger partial charge in [-0.25, -0.2) is 17.8 Å². The fourth-order valence-corrected chi connectivity index (χ4v) is 4.35. The second-order valence-electron chi connectivity index (χ2n) is 5.13. The highest BCUT2D eigenvalue weighted by atomic mass is 35.5. The standard InChI is InChI=1S/C15H10Cl2FN3O3S/c16-10-4-11(17)14(22)13(5-10)25(23,24)6-9-3-8(1-2-12(9)18)15-19-7-20-21-15/h1-5,7,22H,6H2,(H,19,20,21). The summed E-state index contributed by atoms with van der Waals surface area (Å²) in [6, 6.07) is 6.20. The second-order valence-corrected chi connectivity index (χ2v) is 7.94. The van der Waals surface area contributed by atoms with Crippen LogP contribution in [0.15, 0.2) is 41.6 Å². The smallest absolute Gasteiger partial charge is 0.186 e. The van der Waals surface area contributed by atoms with E-state index in [1.807, 2.05) is 0 Å². The maximum Gasteiger partial charge on any atom is 0.186 e. The lowest BCUT2D eigenvalue weighted by Gasteiger charge is -2.10. The van der Waals surface area contributed by atoms with Gasteiger partial charge >= 0.3 is 0 Å². The maximum atomic E-state index is 14.1. The van der Waals surface area contributed by atoms with E-state index in [0.717, 1.165) is 12.1 Å². The van der Waals surface area contributed by atoms with Crippen LogP contribution in [0.25, 0.3) is 11.4 Å². The quantitative estimate of drug-likeness (QED) is 0.695. The summed E-state index contributed by atoms with van der Waals surface area (Å²) in [7, 11) is -4.10. The molecule has 0 atom stereocenters. The molecule has 0 saturated carbocycles. The number of aromatic hydroxyl groups is 1. The highest BCUT2D eigenvalue weighted by Gasteiger charge is 2.24. The lowest BCUT2D eigenvalue weighted by molar-refractivity contribution is 0.459. The number of aromatic nitrogens is 3. The minimum Gasteiger partial charge on any atom is -0.505 e. The number of nitrogens with zero attached hydrogens (tertiary/aromatic N) is 2. The first kappa shape index (κ1) is 17.7. The molecule has 0 fully saturated rings.